The number of carbonyl (C=O) groups is 2. The zero-order chi connectivity index (χ0) is 20.6. The molecule has 0 radical (unpaired) electrons. The van der Waals surface area contributed by atoms with Gasteiger partial charge < -0.3 is 15.7 Å². The molecule has 2 amide bonds. The number of nitrogens with zero attached hydrogens (tertiary/aromatic N) is 1. The van der Waals surface area contributed by atoms with E-state index in [0.717, 1.165) is 16.7 Å². The lowest BCUT2D eigenvalue weighted by atomic mass is 9.97. The van der Waals surface area contributed by atoms with Crippen LogP contribution < -0.4 is 10.6 Å². The highest BCUT2D eigenvalue weighted by Crippen LogP contribution is 2.26. The number of urea groups is 1. The summed E-state index contributed by atoms with van der Waals surface area (Å²) in [5.41, 5.74) is 3.18. The van der Waals surface area contributed by atoms with E-state index in [1.807, 2.05) is 63.2 Å². The minimum absolute atomic E-state index is 0.130. The van der Waals surface area contributed by atoms with Gasteiger partial charge in [0.15, 0.2) is 0 Å². The molecule has 28 heavy (non-hydrogen) atoms. The molecule has 0 saturated carbocycles. The van der Waals surface area contributed by atoms with Crippen molar-refractivity contribution in [2.24, 2.45) is 0 Å². The van der Waals surface area contributed by atoms with Gasteiger partial charge in [-0.2, -0.15) is 0 Å². The van der Waals surface area contributed by atoms with Crippen LogP contribution in [0.4, 0.5) is 10.5 Å². The Morgan fingerprint density at radius 2 is 1.89 bits per heavy atom. The van der Waals surface area contributed by atoms with Gasteiger partial charge in [0.05, 0.1) is 0 Å². The summed E-state index contributed by atoms with van der Waals surface area (Å²) in [5, 5.41) is 14.6. The SMILES string of the molecule is CC(C)(C)NC(=O)Nc1cccc(/C(=C\CCCC(=O)O)c2cccnc2)c1. The molecule has 0 fully saturated rings. The molecule has 0 aliphatic heterocycles. The summed E-state index contributed by atoms with van der Waals surface area (Å²) in [4.78, 5) is 27.1. The quantitative estimate of drug-likeness (QED) is 0.607. The van der Waals surface area contributed by atoms with Crippen LogP contribution in [0.1, 0.15) is 51.2 Å². The van der Waals surface area contributed by atoms with Gasteiger partial charge >= 0.3 is 12.0 Å². The number of hydrogen-bond acceptors (Lipinski definition) is 3. The predicted molar refractivity (Wildman–Crippen MR) is 111 cm³/mol. The molecular formula is C22H27N3O3. The molecule has 1 aromatic heterocycles. The number of allylic oxidation sites excluding steroid dienone is 1. The number of pyridine rings is 1. The summed E-state index contributed by atoms with van der Waals surface area (Å²) in [6, 6.07) is 11.1. The summed E-state index contributed by atoms with van der Waals surface area (Å²) >= 11 is 0. The van der Waals surface area contributed by atoms with E-state index in [9.17, 15) is 9.59 Å². The minimum atomic E-state index is -0.799. The number of anilines is 1. The minimum Gasteiger partial charge on any atom is -0.481 e. The van der Waals surface area contributed by atoms with Crippen molar-refractivity contribution in [3.05, 3.63) is 66.0 Å². The van der Waals surface area contributed by atoms with E-state index in [-0.39, 0.29) is 18.0 Å². The molecule has 6 nitrogen and oxygen atoms in total. The molecule has 3 N–H and O–H groups in total. The van der Waals surface area contributed by atoms with Gasteiger partial charge in [0, 0.05) is 35.6 Å². The number of carboxylic acid groups (broad SMARTS) is 1. The maximum atomic E-state index is 12.2. The molecule has 2 aromatic rings. The first kappa shape index (κ1) is 21.2. The Hall–Kier alpha value is -3.15. The fraction of sp³-hybridized carbons (Fsp3) is 0.318. The van der Waals surface area contributed by atoms with Crippen LogP contribution in [-0.2, 0) is 4.79 Å². The number of carboxylic acids is 1. The zero-order valence-electron chi connectivity index (χ0n) is 16.5. The molecule has 0 aliphatic carbocycles. The maximum absolute atomic E-state index is 12.2. The fourth-order valence-electron chi connectivity index (χ4n) is 2.69. The molecule has 0 bridgehead atoms. The molecule has 6 heteroatoms. The number of amides is 2. The van der Waals surface area contributed by atoms with Crippen molar-refractivity contribution in [1.82, 2.24) is 10.3 Å². The van der Waals surface area contributed by atoms with Crippen LogP contribution in [0.5, 0.6) is 0 Å². The van der Waals surface area contributed by atoms with Gasteiger partial charge in [-0.3, -0.25) is 9.78 Å². The molecule has 0 atom stereocenters. The second-order valence-corrected chi connectivity index (χ2v) is 7.56. The van der Waals surface area contributed by atoms with Crippen molar-refractivity contribution in [2.45, 2.75) is 45.6 Å². The van der Waals surface area contributed by atoms with Crippen LogP contribution in [0.3, 0.4) is 0 Å². The van der Waals surface area contributed by atoms with Gasteiger partial charge in [-0.1, -0.05) is 24.3 Å². The van der Waals surface area contributed by atoms with Crippen LogP contribution in [0.15, 0.2) is 54.9 Å². The van der Waals surface area contributed by atoms with Gasteiger partial charge in [0.25, 0.3) is 0 Å². The van der Waals surface area contributed by atoms with Crippen molar-refractivity contribution < 1.29 is 14.7 Å². The highest BCUT2D eigenvalue weighted by molar-refractivity contribution is 5.91. The summed E-state index contributed by atoms with van der Waals surface area (Å²) < 4.78 is 0. The highest BCUT2D eigenvalue weighted by Gasteiger charge is 2.14. The lowest BCUT2D eigenvalue weighted by Crippen LogP contribution is -2.43. The lowest BCUT2D eigenvalue weighted by molar-refractivity contribution is -0.137. The Morgan fingerprint density at radius 1 is 1.14 bits per heavy atom. The van der Waals surface area contributed by atoms with Crippen LogP contribution in [0, 0.1) is 0 Å². The topological polar surface area (TPSA) is 91.3 Å². The Balaban J connectivity index is 2.24. The van der Waals surface area contributed by atoms with E-state index in [0.29, 0.717) is 18.5 Å². The van der Waals surface area contributed by atoms with E-state index >= 15 is 0 Å². The summed E-state index contributed by atoms with van der Waals surface area (Å²) in [5.74, 6) is -0.799. The number of aliphatic carboxylic acids is 1. The Bertz CT molecular complexity index is 840. The Morgan fingerprint density at radius 3 is 2.54 bits per heavy atom. The van der Waals surface area contributed by atoms with E-state index in [1.54, 1.807) is 12.4 Å². The van der Waals surface area contributed by atoms with Gasteiger partial charge in [-0.05, 0) is 62.9 Å². The molecule has 0 saturated heterocycles. The molecule has 148 valence electrons. The molecule has 0 aliphatic rings. The van der Waals surface area contributed by atoms with Crippen LogP contribution in [-0.4, -0.2) is 27.6 Å². The molecule has 0 spiro atoms. The maximum Gasteiger partial charge on any atom is 0.319 e. The Labute approximate surface area is 165 Å². The van der Waals surface area contributed by atoms with Gasteiger partial charge in [-0.15, -0.1) is 0 Å². The van der Waals surface area contributed by atoms with E-state index < -0.39 is 5.97 Å². The van der Waals surface area contributed by atoms with E-state index in [4.69, 9.17) is 5.11 Å². The number of benzene rings is 1. The standard InChI is InChI=1S/C22H27N3O3/c1-22(2,3)25-21(28)24-18-10-6-8-16(14-18)19(11-4-5-12-20(26)27)17-9-7-13-23-15-17/h6-11,13-15H,4-5,12H2,1-3H3,(H,26,27)(H2,24,25,28)/b19-11+. The van der Waals surface area contributed by atoms with Crippen molar-refractivity contribution in [2.75, 3.05) is 5.32 Å². The third-order valence-corrected chi connectivity index (χ3v) is 3.84. The number of hydrogen-bond donors (Lipinski definition) is 3. The number of unbranched alkanes of at least 4 members (excludes halogenated alkanes) is 1. The Kier molecular flexibility index (Phi) is 7.32. The summed E-state index contributed by atoms with van der Waals surface area (Å²) in [6.45, 7) is 5.76. The van der Waals surface area contributed by atoms with E-state index in [1.165, 1.54) is 0 Å². The average Bonchev–Trinajstić information content (AvgIpc) is 2.60. The second-order valence-electron chi connectivity index (χ2n) is 7.56. The normalized spacial score (nSPS) is 11.8. The van der Waals surface area contributed by atoms with Crippen molar-refractivity contribution in [3.63, 3.8) is 0 Å². The zero-order valence-corrected chi connectivity index (χ0v) is 16.5. The second kappa shape index (κ2) is 9.69. The highest BCUT2D eigenvalue weighted by atomic mass is 16.4. The molecular weight excluding hydrogens is 354 g/mol. The van der Waals surface area contributed by atoms with Crippen LogP contribution in [0.2, 0.25) is 0 Å². The number of carbonyl (C=O) groups excluding carboxylic acids is 1. The van der Waals surface area contributed by atoms with Gasteiger partial charge in [0.2, 0.25) is 0 Å². The molecule has 1 aromatic carbocycles. The first-order valence-electron chi connectivity index (χ1n) is 9.26. The lowest BCUT2D eigenvalue weighted by Gasteiger charge is -2.21. The third kappa shape index (κ3) is 7.23. The number of aromatic nitrogens is 1. The smallest absolute Gasteiger partial charge is 0.319 e. The number of rotatable bonds is 7. The summed E-state index contributed by atoms with van der Waals surface area (Å²) in [7, 11) is 0. The molecule has 2 rings (SSSR count). The molecule has 0 unspecified atom stereocenters. The first-order chi connectivity index (χ1) is 13.2. The first-order valence-corrected chi connectivity index (χ1v) is 9.26. The van der Waals surface area contributed by atoms with Gasteiger partial charge in [0.1, 0.15) is 0 Å². The van der Waals surface area contributed by atoms with Crippen LogP contribution >= 0.6 is 0 Å². The van der Waals surface area contributed by atoms with Crippen molar-refractivity contribution >= 4 is 23.3 Å². The van der Waals surface area contributed by atoms with Crippen LogP contribution in [0.25, 0.3) is 5.57 Å². The van der Waals surface area contributed by atoms with E-state index in [2.05, 4.69) is 15.6 Å². The largest absolute Gasteiger partial charge is 0.481 e. The average molecular weight is 381 g/mol. The monoisotopic (exact) mass is 381 g/mol. The van der Waals surface area contributed by atoms with Crippen molar-refractivity contribution in [1.29, 1.82) is 0 Å². The third-order valence-electron chi connectivity index (χ3n) is 3.84. The predicted octanol–water partition coefficient (Wildman–Crippen LogP) is 4.69. The van der Waals surface area contributed by atoms with Crippen molar-refractivity contribution in [3.8, 4) is 0 Å². The fourth-order valence-corrected chi connectivity index (χ4v) is 2.69. The number of nitrogens with one attached hydrogen (secondary N) is 2. The molecule has 1 heterocycles. The van der Waals surface area contributed by atoms with Gasteiger partial charge in [-0.25, -0.2) is 4.79 Å². The summed E-state index contributed by atoms with van der Waals surface area (Å²) in [6.07, 6.45) is 6.83.